The van der Waals surface area contributed by atoms with Gasteiger partial charge in [-0.3, -0.25) is 10.1 Å². The van der Waals surface area contributed by atoms with Gasteiger partial charge in [-0.2, -0.15) is 13.2 Å². The normalized spacial score (nSPS) is 11.1. The van der Waals surface area contributed by atoms with Crippen LogP contribution in [-0.4, -0.2) is 10.9 Å². The van der Waals surface area contributed by atoms with Crippen molar-refractivity contribution in [3.8, 4) is 5.75 Å². The number of nitro groups is 1. The molecule has 0 amide bonds. The number of alkyl halides is 3. The van der Waals surface area contributed by atoms with E-state index in [9.17, 15) is 28.1 Å². The molecule has 0 unspecified atom stereocenters. The van der Waals surface area contributed by atoms with E-state index in [1.54, 1.807) is 0 Å². The van der Waals surface area contributed by atoms with E-state index in [0.29, 0.717) is 0 Å². The molecule has 8 heteroatoms. The Kier molecular flexibility index (Phi) is 4.35. The molecule has 0 bridgehead atoms. The van der Waals surface area contributed by atoms with E-state index < -0.39 is 28.2 Å². The molecule has 0 heterocycles. The molecule has 0 radical (unpaired) electrons. The van der Waals surface area contributed by atoms with Crippen molar-refractivity contribution in [2.45, 2.75) is 13.1 Å². The van der Waals surface area contributed by atoms with Crippen LogP contribution in [0.2, 0.25) is 0 Å². The SMILES string of the molecule is Cc1cc(OC(=O)c2ccccc2C(F)(F)F)ccc1[N+](=O)[O-]. The number of hydrogen-bond donors (Lipinski definition) is 0. The summed E-state index contributed by atoms with van der Waals surface area (Å²) in [5.41, 5.74) is -1.69. The number of rotatable bonds is 3. The topological polar surface area (TPSA) is 69.4 Å². The van der Waals surface area contributed by atoms with Crippen molar-refractivity contribution in [1.82, 2.24) is 0 Å². The van der Waals surface area contributed by atoms with Crippen molar-refractivity contribution in [2.75, 3.05) is 0 Å². The zero-order valence-corrected chi connectivity index (χ0v) is 11.8. The van der Waals surface area contributed by atoms with Crippen LogP contribution in [0.1, 0.15) is 21.5 Å². The fourth-order valence-electron chi connectivity index (χ4n) is 1.97. The highest BCUT2D eigenvalue weighted by atomic mass is 19.4. The van der Waals surface area contributed by atoms with Crippen molar-refractivity contribution in [3.63, 3.8) is 0 Å². The fraction of sp³-hybridized carbons (Fsp3) is 0.133. The lowest BCUT2D eigenvalue weighted by atomic mass is 10.1. The maximum atomic E-state index is 12.9. The minimum atomic E-state index is -4.69. The lowest BCUT2D eigenvalue weighted by Crippen LogP contribution is -2.16. The summed E-state index contributed by atoms with van der Waals surface area (Å²) in [7, 11) is 0. The molecule has 0 saturated heterocycles. The number of hydrogen-bond acceptors (Lipinski definition) is 4. The highest BCUT2D eigenvalue weighted by Crippen LogP contribution is 2.32. The summed E-state index contributed by atoms with van der Waals surface area (Å²) in [5.74, 6) is -1.26. The molecule has 0 aliphatic carbocycles. The maximum Gasteiger partial charge on any atom is 0.417 e. The van der Waals surface area contributed by atoms with E-state index >= 15 is 0 Å². The minimum Gasteiger partial charge on any atom is -0.423 e. The van der Waals surface area contributed by atoms with Crippen molar-refractivity contribution < 1.29 is 27.6 Å². The number of benzene rings is 2. The Morgan fingerprint density at radius 1 is 1.17 bits per heavy atom. The quantitative estimate of drug-likeness (QED) is 0.368. The first-order valence-electron chi connectivity index (χ1n) is 6.33. The molecule has 2 aromatic rings. The smallest absolute Gasteiger partial charge is 0.417 e. The molecule has 23 heavy (non-hydrogen) atoms. The molecule has 0 spiro atoms. The van der Waals surface area contributed by atoms with Gasteiger partial charge in [0.2, 0.25) is 0 Å². The van der Waals surface area contributed by atoms with Crippen LogP contribution in [0, 0.1) is 17.0 Å². The molecular formula is C15H10F3NO4. The monoisotopic (exact) mass is 325 g/mol. The largest absolute Gasteiger partial charge is 0.423 e. The van der Waals surface area contributed by atoms with Gasteiger partial charge in [0.25, 0.3) is 5.69 Å². The van der Waals surface area contributed by atoms with Crippen molar-refractivity contribution in [1.29, 1.82) is 0 Å². The number of carbonyl (C=O) groups excluding carboxylic acids is 1. The second-order valence-corrected chi connectivity index (χ2v) is 4.64. The Labute approximate surface area is 128 Å². The van der Waals surface area contributed by atoms with Crippen LogP contribution in [0.3, 0.4) is 0 Å². The van der Waals surface area contributed by atoms with E-state index in [2.05, 4.69) is 0 Å². The molecule has 0 fully saturated rings. The first kappa shape index (κ1) is 16.5. The molecule has 0 aromatic heterocycles. The Hall–Kier alpha value is -2.90. The molecule has 2 rings (SSSR count). The van der Waals surface area contributed by atoms with Crippen LogP contribution >= 0.6 is 0 Å². The van der Waals surface area contributed by atoms with Crippen LogP contribution in [-0.2, 0) is 6.18 Å². The van der Waals surface area contributed by atoms with Gasteiger partial charge < -0.3 is 4.74 Å². The van der Waals surface area contributed by atoms with Gasteiger partial charge in [0.15, 0.2) is 0 Å². The number of nitrogens with zero attached hydrogens (tertiary/aromatic N) is 1. The summed E-state index contributed by atoms with van der Waals surface area (Å²) in [6.45, 7) is 1.43. The van der Waals surface area contributed by atoms with Gasteiger partial charge >= 0.3 is 12.1 Å². The van der Waals surface area contributed by atoms with E-state index in [1.807, 2.05) is 0 Å². The van der Waals surface area contributed by atoms with Crippen LogP contribution in [0.15, 0.2) is 42.5 Å². The van der Waals surface area contributed by atoms with Gasteiger partial charge in [-0.05, 0) is 31.2 Å². The van der Waals surface area contributed by atoms with E-state index in [4.69, 9.17) is 4.74 Å². The van der Waals surface area contributed by atoms with Gasteiger partial charge in [-0.25, -0.2) is 4.79 Å². The number of carbonyl (C=O) groups is 1. The van der Waals surface area contributed by atoms with Crippen molar-refractivity contribution >= 4 is 11.7 Å². The third-order valence-corrected chi connectivity index (χ3v) is 3.03. The zero-order valence-electron chi connectivity index (χ0n) is 11.8. The van der Waals surface area contributed by atoms with Gasteiger partial charge in [0, 0.05) is 11.6 Å². The summed E-state index contributed by atoms with van der Waals surface area (Å²) in [6.07, 6.45) is -4.69. The average molecular weight is 325 g/mol. The Morgan fingerprint density at radius 2 is 1.83 bits per heavy atom. The molecule has 0 atom stereocenters. The second kappa shape index (κ2) is 6.07. The molecule has 0 saturated carbocycles. The Morgan fingerprint density at radius 3 is 2.39 bits per heavy atom. The predicted molar refractivity (Wildman–Crippen MR) is 74.2 cm³/mol. The number of nitro benzene ring substituents is 1. The Balaban J connectivity index is 2.30. The summed E-state index contributed by atoms with van der Waals surface area (Å²) in [4.78, 5) is 22.0. The third-order valence-electron chi connectivity index (χ3n) is 3.03. The van der Waals surface area contributed by atoms with E-state index in [1.165, 1.54) is 19.1 Å². The highest BCUT2D eigenvalue weighted by Gasteiger charge is 2.35. The molecule has 0 aliphatic heterocycles. The summed E-state index contributed by atoms with van der Waals surface area (Å²) < 4.78 is 43.5. The molecular weight excluding hydrogens is 315 g/mol. The summed E-state index contributed by atoms with van der Waals surface area (Å²) in [6, 6.07) is 7.71. The fourth-order valence-corrected chi connectivity index (χ4v) is 1.97. The van der Waals surface area contributed by atoms with E-state index in [0.717, 1.165) is 30.3 Å². The molecule has 120 valence electrons. The standard InChI is InChI=1S/C15H10F3NO4/c1-9-8-10(6-7-13(9)19(21)22)23-14(20)11-4-2-3-5-12(11)15(16,17)18/h2-8H,1H3. The minimum absolute atomic E-state index is 0.0740. The number of esters is 1. The average Bonchev–Trinajstić information content (AvgIpc) is 2.46. The van der Waals surface area contributed by atoms with Crippen LogP contribution in [0.25, 0.3) is 0 Å². The molecule has 5 nitrogen and oxygen atoms in total. The maximum absolute atomic E-state index is 12.9. The highest BCUT2D eigenvalue weighted by molar-refractivity contribution is 5.92. The first-order valence-corrected chi connectivity index (χ1v) is 6.33. The van der Waals surface area contributed by atoms with Crippen molar-refractivity contribution in [3.05, 3.63) is 69.3 Å². The van der Waals surface area contributed by atoms with Gasteiger partial charge in [-0.1, -0.05) is 12.1 Å². The van der Waals surface area contributed by atoms with Gasteiger partial charge in [-0.15, -0.1) is 0 Å². The molecule has 2 aromatic carbocycles. The predicted octanol–water partition coefficient (Wildman–Crippen LogP) is 4.14. The van der Waals surface area contributed by atoms with Crippen LogP contribution in [0.4, 0.5) is 18.9 Å². The molecule has 0 aliphatic rings. The lowest BCUT2D eigenvalue weighted by molar-refractivity contribution is -0.385. The van der Waals surface area contributed by atoms with Gasteiger partial charge in [0.05, 0.1) is 16.1 Å². The first-order chi connectivity index (χ1) is 10.7. The number of ether oxygens (including phenoxy) is 1. The molecule has 0 N–H and O–H groups in total. The van der Waals surface area contributed by atoms with Crippen molar-refractivity contribution in [2.24, 2.45) is 0 Å². The second-order valence-electron chi connectivity index (χ2n) is 4.64. The third kappa shape index (κ3) is 3.65. The zero-order chi connectivity index (χ0) is 17.2. The Bertz CT molecular complexity index is 772. The summed E-state index contributed by atoms with van der Waals surface area (Å²) in [5, 5.41) is 10.7. The summed E-state index contributed by atoms with van der Waals surface area (Å²) >= 11 is 0. The lowest BCUT2D eigenvalue weighted by Gasteiger charge is -2.12. The van der Waals surface area contributed by atoms with Gasteiger partial charge in [0.1, 0.15) is 5.75 Å². The number of aryl methyl sites for hydroxylation is 1. The number of halogens is 3. The van der Waals surface area contributed by atoms with E-state index in [-0.39, 0.29) is 17.0 Å². The van der Waals surface area contributed by atoms with Crippen LogP contribution < -0.4 is 4.74 Å². The van der Waals surface area contributed by atoms with Crippen LogP contribution in [0.5, 0.6) is 5.75 Å².